The third-order valence-electron chi connectivity index (χ3n) is 1.94. The number of hydrogen-bond donors (Lipinski definition) is 1. The maximum absolute atomic E-state index is 11.3. The summed E-state index contributed by atoms with van der Waals surface area (Å²) in [5.41, 5.74) is 0. The molecule has 0 aromatic carbocycles. The van der Waals surface area contributed by atoms with Crippen molar-refractivity contribution < 1.29 is 14.3 Å². The van der Waals surface area contributed by atoms with Crippen molar-refractivity contribution >= 4 is 39.1 Å². The standard InChI is InChI=1S/C10H12BrNO3S/c1-15-10(14)5-7(12-9(13)6-11)8-3-2-4-16-8/h2-4,7H,5-6H2,1H3,(H,12,13). The number of nitrogens with one attached hydrogen (secondary N) is 1. The number of esters is 1. The Morgan fingerprint density at radius 1 is 1.62 bits per heavy atom. The smallest absolute Gasteiger partial charge is 0.307 e. The van der Waals surface area contributed by atoms with E-state index in [0.717, 1.165) is 4.88 Å². The Bertz CT molecular complexity index is 335. The van der Waals surface area contributed by atoms with Crippen molar-refractivity contribution in [2.24, 2.45) is 0 Å². The maximum atomic E-state index is 11.3. The zero-order chi connectivity index (χ0) is 12.0. The minimum Gasteiger partial charge on any atom is -0.469 e. The molecule has 1 aromatic rings. The van der Waals surface area contributed by atoms with Crippen molar-refractivity contribution in [3.05, 3.63) is 22.4 Å². The highest BCUT2D eigenvalue weighted by Gasteiger charge is 2.19. The molecule has 16 heavy (non-hydrogen) atoms. The van der Waals surface area contributed by atoms with Crippen LogP contribution in [0.25, 0.3) is 0 Å². The molecule has 1 rings (SSSR count). The van der Waals surface area contributed by atoms with E-state index in [4.69, 9.17) is 0 Å². The van der Waals surface area contributed by atoms with Gasteiger partial charge in [0, 0.05) is 4.88 Å². The van der Waals surface area contributed by atoms with Crippen LogP contribution >= 0.6 is 27.3 Å². The summed E-state index contributed by atoms with van der Waals surface area (Å²) in [5.74, 6) is -0.490. The summed E-state index contributed by atoms with van der Waals surface area (Å²) in [6.07, 6.45) is 0.149. The summed E-state index contributed by atoms with van der Waals surface area (Å²) in [6, 6.07) is 3.45. The largest absolute Gasteiger partial charge is 0.469 e. The highest BCUT2D eigenvalue weighted by molar-refractivity contribution is 9.09. The number of ether oxygens (including phenoxy) is 1. The van der Waals surface area contributed by atoms with Gasteiger partial charge in [-0.05, 0) is 11.4 Å². The molecule has 6 heteroatoms. The van der Waals surface area contributed by atoms with E-state index < -0.39 is 0 Å². The molecule has 0 bridgehead atoms. The molecule has 1 N–H and O–H groups in total. The highest BCUT2D eigenvalue weighted by Crippen LogP contribution is 2.22. The van der Waals surface area contributed by atoms with Crippen LogP contribution in [0.3, 0.4) is 0 Å². The third-order valence-corrected chi connectivity index (χ3v) is 3.44. The molecule has 0 saturated heterocycles. The van der Waals surface area contributed by atoms with Gasteiger partial charge in [-0.25, -0.2) is 0 Å². The summed E-state index contributed by atoms with van der Waals surface area (Å²) in [4.78, 5) is 23.4. The first kappa shape index (κ1) is 13.2. The summed E-state index contributed by atoms with van der Waals surface area (Å²) >= 11 is 4.56. The van der Waals surface area contributed by atoms with Gasteiger partial charge < -0.3 is 10.1 Å². The van der Waals surface area contributed by atoms with Gasteiger partial charge in [-0.3, -0.25) is 9.59 Å². The Morgan fingerprint density at radius 2 is 2.38 bits per heavy atom. The van der Waals surface area contributed by atoms with Crippen LogP contribution in [0.1, 0.15) is 17.3 Å². The van der Waals surface area contributed by atoms with E-state index in [1.165, 1.54) is 18.4 Å². The minimum atomic E-state index is -0.340. The molecule has 1 heterocycles. The molecule has 0 radical (unpaired) electrons. The van der Waals surface area contributed by atoms with Crippen molar-refractivity contribution in [3.8, 4) is 0 Å². The molecule has 0 saturated carbocycles. The SMILES string of the molecule is COC(=O)CC(NC(=O)CBr)c1cccs1. The number of methoxy groups -OCH3 is 1. The van der Waals surface area contributed by atoms with Crippen LogP contribution in [0.4, 0.5) is 0 Å². The van der Waals surface area contributed by atoms with Crippen LogP contribution in [-0.2, 0) is 14.3 Å². The van der Waals surface area contributed by atoms with Gasteiger partial charge in [0.15, 0.2) is 0 Å². The lowest BCUT2D eigenvalue weighted by atomic mass is 10.1. The second kappa shape index (κ2) is 6.65. The predicted molar refractivity (Wildman–Crippen MR) is 65.6 cm³/mol. The molecule has 1 atom stereocenters. The zero-order valence-corrected chi connectivity index (χ0v) is 11.1. The number of thiophene rings is 1. The number of rotatable bonds is 5. The average Bonchev–Trinajstić information content (AvgIpc) is 2.81. The predicted octanol–water partition coefficient (Wildman–Crippen LogP) is 1.86. The lowest BCUT2D eigenvalue weighted by molar-refractivity contribution is -0.141. The first-order valence-electron chi connectivity index (χ1n) is 4.63. The third kappa shape index (κ3) is 3.94. The van der Waals surface area contributed by atoms with E-state index in [1.54, 1.807) is 0 Å². The van der Waals surface area contributed by atoms with Crippen molar-refractivity contribution in [2.45, 2.75) is 12.5 Å². The monoisotopic (exact) mass is 305 g/mol. The van der Waals surface area contributed by atoms with Crippen molar-refractivity contribution in [1.82, 2.24) is 5.32 Å². The molecule has 0 aliphatic rings. The Balaban J connectivity index is 2.69. The number of carbonyl (C=O) groups excluding carboxylic acids is 2. The number of hydrogen-bond acceptors (Lipinski definition) is 4. The van der Waals surface area contributed by atoms with Crippen LogP contribution in [0, 0.1) is 0 Å². The number of carbonyl (C=O) groups is 2. The van der Waals surface area contributed by atoms with Crippen LogP contribution < -0.4 is 5.32 Å². The summed E-state index contributed by atoms with van der Waals surface area (Å²) in [6.45, 7) is 0. The van der Waals surface area contributed by atoms with Crippen LogP contribution in [0.5, 0.6) is 0 Å². The summed E-state index contributed by atoms with van der Waals surface area (Å²) < 4.78 is 4.60. The Morgan fingerprint density at radius 3 is 2.88 bits per heavy atom. The first-order chi connectivity index (χ1) is 7.67. The van der Waals surface area contributed by atoms with E-state index in [9.17, 15) is 9.59 Å². The van der Waals surface area contributed by atoms with Gasteiger partial charge in [0.05, 0.1) is 24.9 Å². The van der Waals surface area contributed by atoms with E-state index >= 15 is 0 Å². The molecule has 0 aliphatic carbocycles. The van der Waals surface area contributed by atoms with E-state index in [2.05, 4.69) is 26.0 Å². The Hall–Kier alpha value is -0.880. The molecule has 0 spiro atoms. The molecule has 1 amide bonds. The normalized spacial score (nSPS) is 11.9. The fraction of sp³-hybridized carbons (Fsp3) is 0.400. The second-order valence-corrected chi connectivity index (χ2v) is 4.59. The van der Waals surface area contributed by atoms with Crippen LogP contribution in [0.2, 0.25) is 0 Å². The molecule has 1 aromatic heterocycles. The fourth-order valence-electron chi connectivity index (χ4n) is 1.20. The minimum absolute atomic E-state index is 0.149. The fourth-order valence-corrected chi connectivity index (χ4v) is 2.14. The van der Waals surface area contributed by atoms with E-state index in [-0.39, 0.29) is 29.7 Å². The molecule has 1 unspecified atom stereocenters. The maximum Gasteiger partial charge on any atom is 0.307 e. The van der Waals surface area contributed by atoms with Gasteiger partial charge in [0.1, 0.15) is 0 Å². The molecular formula is C10H12BrNO3S. The lowest BCUT2D eigenvalue weighted by Gasteiger charge is -2.15. The van der Waals surface area contributed by atoms with Gasteiger partial charge in [-0.1, -0.05) is 22.0 Å². The van der Waals surface area contributed by atoms with Crippen molar-refractivity contribution in [1.29, 1.82) is 0 Å². The average molecular weight is 306 g/mol. The Labute approximate surface area is 106 Å². The molecular weight excluding hydrogens is 294 g/mol. The van der Waals surface area contributed by atoms with Crippen molar-refractivity contribution in [3.63, 3.8) is 0 Å². The van der Waals surface area contributed by atoms with Crippen LogP contribution in [-0.4, -0.2) is 24.3 Å². The number of halogens is 1. The quantitative estimate of drug-likeness (QED) is 0.667. The zero-order valence-electron chi connectivity index (χ0n) is 8.73. The molecule has 4 nitrogen and oxygen atoms in total. The number of alkyl halides is 1. The summed E-state index contributed by atoms with van der Waals surface area (Å²) in [7, 11) is 1.33. The van der Waals surface area contributed by atoms with Gasteiger partial charge in [-0.2, -0.15) is 0 Å². The van der Waals surface area contributed by atoms with Gasteiger partial charge in [0.2, 0.25) is 5.91 Å². The summed E-state index contributed by atoms with van der Waals surface area (Å²) in [5, 5.41) is 4.88. The van der Waals surface area contributed by atoms with Crippen molar-refractivity contribution in [2.75, 3.05) is 12.4 Å². The Kier molecular flexibility index (Phi) is 5.48. The molecule has 88 valence electrons. The topological polar surface area (TPSA) is 55.4 Å². The van der Waals surface area contributed by atoms with E-state index in [0.29, 0.717) is 0 Å². The van der Waals surface area contributed by atoms with E-state index in [1.807, 2.05) is 17.5 Å². The second-order valence-electron chi connectivity index (χ2n) is 3.05. The van der Waals surface area contributed by atoms with Gasteiger partial charge in [-0.15, -0.1) is 11.3 Å². The van der Waals surface area contributed by atoms with Gasteiger partial charge >= 0.3 is 5.97 Å². The first-order valence-corrected chi connectivity index (χ1v) is 6.63. The molecule has 0 fully saturated rings. The number of amides is 1. The molecule has 0 aliphatic heterocycles. The van der Waals surface area contributed by atoms with Crippen LogP contribution in [0.15, 0.2) is 17.5 Å². The van der Waals surface area contributed by atoms with Gasteiger partial charge in [0.25, 0.3) is 0 Å². The highest BCUT2D eigenvalue weighted by atomic mass is 79.9. The lowest BCUT2D eigenvalue weighted by Crippen LogP contribution is -2.30.